The second kappa shape index (κ2) is 16.5. The van der Waals surface area contributed by atoms with Crippen molar-refractivity contribution < 1.29 is 17.7 Å². The molecule has 0 spiro atoms. The minimum Gasteiger partial charge on any atom is -0.378 e. The second-order valence-corrected chi connectivity index (χ2v) is 10.8. The first-order valence-corrected chi connectivity index (χ1v) is 14.3. The van der Waals surface area contributed by atoms with Crippen molar-refractivity contribution in [3.05, 3.63) is 0 Å². The van der Waals surface area contributed by atoms with Gasteiger partial charge in [-0.05, 0) is 12.8 Å². The molecule has 1 rings (SSSR count). The summed E-state index contributed by atoms with van der Waals surface area (Å²) in [6, 6.07) is 0. The molecular weight excluding hydrogens is 398 g/mol. The van der Waals surface area contributed by atoms with Crippen LogP contribution in [0.4, 0.5) is 0 Å². The average Bonchev–Trinajstić information content (AvgIpc) is 2.72. The Morgan fingerprint density at radius 2 is 1.33 bits per heavy atom. The molecule has 1 N–H and O–H groups in total. The highest BCUT2D eigenvalue weighted by atomic mass is 32.2. The lowest BCUT2D eigenvalue weighted by Crippen LogP contribution is -2.57. The first-order chi connectivity index (χ1) is 14.4. The highest BCUT2D eigenvalue weighted by Gasteiger charge is 2.37. The minimum atomic E-state index is -3.91. The molecule has 0 aromatic rings. The molecule has 0 aromatic heterocycles. The van der Waals surface area contributed by atoms with Gasteiger partial charge in [-0.3, -0.25) is 9.45 Å². The largest absolute Gasteiger partial charge is 0.378 e. The van der Waals surface area contributed by atoms with Crippen LogP contribution in [0.1, 0.15) is 117 Å². The molecule has 1 fully saturated rings. The van der Waals surface area contributed by atoms with Crippen molar-refractivity contribution in [2.24, 2.45) is 0 Å². The molecule has 6 heteroatoms. The summed E-state index contributed by atoms with van der Waals surface area (Å²) in [6.45, 7) is 6.91. The normalized spacial score (nSPS) is 20.6. The topological polar surface area (TPSA) is 66.8 Å². The molecule has 1 saturated heterocycles. The van der Waals surface area contributed by atoms with Crippen LogP contribution in [-0.4, -0.2) is 55.5 Å². The third-order valence-corrected chi connectivity index (χ3v) is 7.52. The van der Waals surface area contributed by atoms with Gasteiger partial charge in [0, 0.05) is 18.6 Å². The van der Waals surface area contributed by atoms with Gasteiger partial charge in [-0.2, -0.15) is 8.42 Å². The van der Waals surface area contributed by atoms with Crippen LogP contribution in [-0.2, 0) is 14.9 Å². The van der Waals surface area contributed by atoms with Crippen LogP contribution in [0.3, 0.4) is 0 Å². The van der Waals surface area contributed by atoms with Crippen molar-refractivity contribution in [1.82, 2.24) is 4.90 Å². The van der Waals surface area contributed by atoms with E-state index < -0.39 is 10.1 Å². The number of morpholine rings is 1. The van der Waals surface area contributed by atoms with Crippen LogP contribution in [0.15, 0.2) is 0 Å². The van der Waals surface area contributed by atoms with E-state index in [0.717, 1.165) is 25.8 Å². The Hall–Kier alpha value is -0.170. The fourth-order valence-corrected chi connectivity index (χ4v) is 5.17. The number of nitrogens with zero attached hydrogens (tertiary/aromatic N) is 1. The Bertz CT molecular complexity index is 511. The summed E-state index contributed by atoms with van der Waals surface area (Å²) in [7, 11) is -3.91. The molecule has 5 nitrogen and oxygen atoms in total. The third-order valence-electron chi connectivity index (χ3n) is 6.82. The highest BCUT2D eigenvalue weighted by Crippen LogP contribution is 2.30. The lowest BCUT2D eigenvalue weighted by molar-refractivity contribution is -0.0733. The number of hydrogen-bond acceptors (Lipinski definition) is 4. The third kappa shape index (κ3) is 12.6. The van der Waals surface area contributed by atoms with Gasteiger partial charge in [0.1, 0.15) is 0 Å². The zero-order chi connectivity index (χ0) is 22.1. The zero-order valence-corrected chi connectivity index (χ0v) is 20.7. The summed E-state index contributed by atoms with van der Waals surface area (Å²) in [4.78, 5) is 2.24. The van der Waals surface area contributed by atoms with Gasteiger partial charge < -0.3 is 4.74 Å². The van der Waals surface area contributed by atoms with Gasteiger partial charge in [0.25, 0.3) is 10.1 Å². The molecule has 0 bridgehead atoms. The van der Waals surface area contributed by atoms with Gasteiger partial charge in [-0.1, -0.05) is 104 Å². The summed E-state index contributed by atoms with van der Waals surface area (Å²) >= 11 is 0. The van der Waals surface area contributed by atoms with Gasteiger partial charge in [0.05, 0.1) is 19.0 Å². The molecule has 1 atom stereocenters. The van der Waals surface area contributed by atoms with E-state index in [1.807, 2.05) is 0 Å². The summed E-state index contributed by atoms with van der Waals surface area (Å²) in [5.41, 5.74) is -0.0694. The van der Waals surface area contributed by atoms with Gasteiger partial charge in [0.15, 0.2) is 0 Å². The first-order valence-electron chi connectivity index (χ1n) is 12.7. The van der Waals surface area contributed by atoms with Crippen LogP contribution in [0.2, 0.25) is 0 Å². The molecule has 1 unspecified atom stereocenters. The smallest absolute Gasteiger partial charge is 0.266 e. The lowest BCUT2D eigenvalue weighted by atomic mass is 9.87. The van der Waals surface area contributed by atoms with Crippen molar-refractivity contribution in [1.29, 1.82) is 0 Å². The van der Waals surface area contributed by atoms with E-state index in [1.165, 1.54) is 83.5 Å². The Balaban J connectivity index is 2.10. The van der Waals surface area contributed by atoms with E-state index in [2.05, 4.69) is 18.7 Å². The first kappa shape index (κ1) is 27.9. The van der Waals surface area contributed by atoms with Gasteiger partial charge in [0.2, 0.25) is 0 Å². The van der Waals surface area contributed by atoms with E-state index >= 15 is 0 Å². The van der Waals surface area contributed by atoms with Crippen molar-refractivity contribution >= 4 is 10.1 Å². The van der Waals surface area contributed by atoms with Crippen LogP contribution < -0.4 is 0 Å². The maximum Gasteiger partial charge on any atom is 0.266 e. The number of hydrogen-bond donors (Lipinski definition) is 1. The predicted molar refractivity (Wildman–Crippen MR) is 127 cm³/mol. The maximum atomic E-state index is 11.2. The molecule has 30 heavy (non-hydrogen) atoms. The average molecular weight is 448 g/mol. The van der Waals surface area contributed by atoms with Crippen molar-refractivity contribution in [3.8, 4) is 0 Å². The summed E-state index contributed by atoms with van der Waals surface area (Å²) in [5, 5.41) is 0. The monoisotopic (exact) mass is 447 g/mol. The Morgan fingerprint density at radius 3 is 1.80 bits per heavy atom. The Morgan fingerprint density at radius 1 is 0.833 bits per heavy atom. The van der Waals surface area contributed by atoms with Crippen LogP contribution in [0, 0.1) is 0 Å². The molecule has 0 aliphatic carbocycles. The summed E-state index contributed by atoms with van der Waals surface area (Å²) < 4.78 is 37.2. The molecule has 180 valence electrons. The van der Waals surface area contributed by atoms with Crippen LogP contribution >= 0.6 is 0 Å². The zero-order valence-electron chi connectivity index (χ0n) is 19.9. The molecule has 0 aromatic carbocycles. The summed E-state index contributed by atoms with van der Waals surface area (Å²) in [6.07, 6.45) is 21.0. The summed E-state index contributed by atoms with van der Waals surface area (Å²) in [5.74, 6) is -0.187. The molecule has 0 radical (unpaired) electrons. The minimum absolute atomic E-state index is 0.0694. The van der Waals surface area contributed by atoms with Gasteiger partial charge in [-0.25, -0.2) is 0 Å². The van der Waals surface area contributed by atoms with Crippen molar-refractivity contribution in [3.63, 3.8) is 0 Å². The van der Waals surface area contributed by atoms with Gasteiger partial charge >= 0.3 is 0 Å². The van der Waals surface area contributed by atoms with Crippen LogP contribution in [0.5, 0.6) is 0 Å². The number of unbranched alkanes of at least 4 members (excludes halogenated alkanes) is 13. The van der Waals surface area contributed by atoms with Crippen LogP contribution in [0.25, 0.3) is 0 Å². The molecule has 1 heterocycles. The number of ether oxygens (including phenoxy) is 1. The van der Waals surface area contributed by atoms with E-state index in [4.69, 9.17) is 9.29 Å². The van der Waals surface area contributed by atoms with Gasteiger partial charge in [-0.15, -0.1) is 0 Å². The van der Waals surface area contributed by atoms with E-state index in [0.29, 0.717) is 19.8 Å². The Kier molecular flexibility index (Phi) is 15.3. The maximum absolute atomic E-state index is 11.2. The van der Waals surface area contributed by atoms with Crippen molar-refractivity contribution in [2.45, 2.75) is 122 Å². The lowest BCUT2D eigenvalue weighted by Gasteiger charge is -2.47. The van der Waals surface area contributed by atoms with E-state index in [1.54, 1.807) is 0 Å². The molecule has 0 amide bonds. The molecule has 1 aliphatic rings. The number of rotatable bonds is 19. The van der Waals surface area contributed by atoms with E-state index in [-0.39, 0.29) is 11.3 Å². The fraction of sp³-hybridized carbons (Fsp3) is 1.00. The quantitative estimate of drug-likeness (QED) is 0.188. The Labute approximate surface area is 187 Å². The van der Waals surface area contributed by atoms with Crippen molar-refractivity contribution in [2.75, 3.05) is 32.1 Å². The van der Waals surface area contributed by atoms with E-state index in [9.17, 15) is 8.42 Å². The molecular formula is C24H49NO4S. The molecule has 1 aliphatic heterocycles. The standard InChI is InChI=1S/C24H49NO4S/c1-3-5-6-7-8-9-10-11-12-13-14-15-16-17-18-24(4-2)23-29-21-19-25(24)20-22-30(26,27)28/h3-23H2,1-2H3,(H,26,27,28). The molecule has 0 saturated carbocycles. The predicted octanol–water partition coefficient (Wildman–Crippen LogP) is 6.23. The SMILES string of the molecule is CCCCCCCCCCCCCCCCC1(CC)COCCN1CCS(=O)(=O)O. The second-order valence-electron chi connectivity index (χ2n) is 9.25. The highest BCUT2D eigenvalue weighted by molar-refractivity contribution is 7.85. The fourth-order valence-electron chi connectivity index (χ4n) is 4.72.